The Morgan fingerprint density at radius 2 is 1.78 bits per heavy atom. The number of hydrogen-bond donors (Lipinski definition) is 3. The van der Waals surface area contributed by atoms with E-state index in [4.69, 9.17) is 4.74 Å². The molecule has 3 amide bonds. The summed E-state index contributed by atoms with van der Waals surface area (Å²) in [5.41, 5.74) is 2.36. The van der Waals surface area contributed by atoms with Gasteiger partial charge in [-0.2, -0.15) is 0 Å². The van der Waals surface area contributed by atoms with Crippen LogP contribution in [0.3, 0.4) is 0 Å². The zero-order valence-corrected chi connectivity index (χ0v) is 15.6. The van der Waals surface area contributed by atoms with Crippen LogP contribution in [0.2, 0.25) is 0 Å². The summed E-state index contributed by atoms with van der Waals surface area (Å²) in [6.45, 7) is 5.33. The minimum absolute atomic E-state index is 0.191. The van der Waals surface area contributed by atoms with Crippen molar-refractivity contribution in [1.82, 2.24) is 5.32 Å². The molecule has 142 valence electrons. The van der Waals surface area contributed by atoms with Gasteiger partial charge in [-0.1, -0.05) is 18.2 Å². The summed E-state index contributed by atoms with van der Waals surface area (Å²) in [5.74, 6) is -0.494. The van der Waals surface area contributed by atoms with Crippen LogP contribution in [-0.2, 0) is 9.59 Å². The Bertz CT molecular complexity index is 849. The monoisotopic (exact) mass is 369 g/mol. The average molecular weight is 369 g/mol. The number of carbonyl (C=O) groups is 3. The van der Waals surface area contributed by atoms with Crippen molar-refractivity contribution in [2.24, 2.45) is 0 Å². The maximum Gasteiger partial charge on any atom is 0.255 e. The molecule has 0 heterocycles. The van der Waals surface area contributed by atoms with Gasteiger partial charge in [-0.3, -0.25) is 14.4 Å². The van der Waals surface area contributed by atoms with Crippen LogP contribution < -0.4 is 20.7 Å². The van der Waals surface area contributed by atoms with Gasteiger partial charge in [0.15, 0.2) is 0 Å². The summed E-state index contributed by atoms with van der Waals surface area (Å²) in [4.78, 5) is 35.7. The van der Waals surface area contributed by atoms with E-state index in [1.165, 1.54) is 6.92 Å². The van der Waals surface area contributed by atoms with E-state index in [-0.39, 0.29) is 18.4 Å². The maximum absolute atomic E-state index is 12.3. The number of aryl methyl sites for hydroxylation is 1. The molecule has 0 aliphatic heterocycles. The predicted molar refractivity (Wildman–Crippen MR) is 104 cm³/mol. The summed E-state index contributed by atoms with van der Waals surface area (Å²) in [5, 5.41) is 7.98. The molecule has 0 aliphatic rings. The standard InChI is InChI=1S/C20H23N3O4/c1-4-27-18-8-6-5-7-16(18)20(26)21-12-19(25)23-17-11-15(22-14(3)24)10-9-13(17)2/h5-11H,4,12H2,1-3H3,(H,21,26)(H,22,24)(H,23,25). The minimum atomic E-state index is -0.391. The largest absolute Gasteiger partial charge is 0.493 e. The first-order chi connectivity index (χ1) is 12.9. The van der Waals surface area contributed by atoms with E-state index in [9.17, 15) is 14.4 Å². The van der Waals surface area contributed by atoms with Gasteiger partial charge in [0.25, 0.3) is 5.91 Å². The van der Waals surface area contributed by atoms with Crippen LogP contribution >= 0.6 is 0 Å². The number of nitrogens with one attached hydrogen (secondary N) is 3. The Labute approximate surface area is 158 Å². The Kier molecular flexibility index (Phi) is 6.93. The van der Waals surface area contributed by atoms with Crippen LogP contribution in [0.4, 0.5) is 11.4 Å². The highest BCUT2D eigenvalue weighted by Gasteiger charge is 2.13. The first kappa shape index (κ1) is 20.0. The van der Waals surface area contributed by atoms with E-state index >= 15 is 0 Å². The van der Waals surface area contributed by atoms with Gasteiger partial charge < -0.3 is 20.7 Å². The van der Waals surface area contributed by atoms with Crippen molar-refractivity contribution in [3.63, 3.8) is 0 Å². The lowest BCUT2D eigenvalue weighted by Gasteiger charge is -2.12. The molecule has 0 atom stereocenters. The Hall–Kier alpha value is -3.35. The third-order valence-electron chi connectivity index (χ3n) is 3.67. The van der Waals surface area contributed by atoms with Crippen molar-refractivity contribution in [3.05, 3.63) is 53.6 Å². The zero-order chi connectivity index (χ0) is 19.8. The second-order valence-corrected chi connectivity index (χ2v) is 5.87. The molecule has 7 nitrogen and oxygen atoms in total. The number of hydrogen-bond acceptors (Lipinski definition) is 4. The second kappa shape index (κ2) is 9.38. The number of benzene rings is 2. The normalized spacial score (nSPS) is 10.0. The molecule has 0 saturated carbocycles. The number of amides is 3. The summed E-state index contributed by atoms with van der Waals surface area (Å²) in [6, 6.07) is 12.1. The third kappa shape index (κ3) is 5.85. The highest BCUT2D eigenvalue weighted by molar-refractivity contribution is 6.01. The lowest BCUT2D eigenvalue weighted by atomic mass is 10.1. The van der Waals surface area contributed by atoms with Crippen molar-refractivity contribution in [3.8, 4) is 5.75 Å². The number of anilines is 2. The Balaban J connectivity index is 1.98. The summed E-state index contributed by atoms with van der Waals surface area (Å²) < 4.78 is 5.43. The molecule has 7 heteroatoms. The maximum atomic E-state index is 12.3. The van der Waals surface area contributed by atoms with Gasteiger partial charge in [-0.05, 0) is 43.7 Å². The van der Waals surface area contributed by atoms with Crippen LogP contribution in [0.5, 0.6) is 5.75 Å². The van der Waals surface area contributed by atoms with Crippen LogP contribution in [0.15, 0.2) is 42.5 Å². The molecular formula is C20H23N3O4. The summed E-state index contributed by atoms with van der Waals surface area (Å²) >= 11 is 0. The molecule has 0 saturated heterocycles. The van der Waals surface area contributed by atoms with Gasteiger partial charge in [0.2, 0.25) is 11.8 Å². The smallest absolute Gasteiger partial charge is 0.255 e. The predicted octanol–water partition coefficient (Wildman–Crippen LogP) is 2.72. The Morgan fingerprint density at radius 3 is 2.48 bits per heavy atom. The minimum Gasteiger partial charge on any atom is -0.493 e. The molecule has 0 aliphatic carbocycles. The number of carbonyl (C=O) groups excluding carboxylic acids is 3. The van der Waals surface area contributed by atoms with Crippen molar-refractivity contribution >= 4 is 29.1 Å². The summed E-state index contributed by atoms with van der Waals surface area (Å²) in [6.07, 6.45) is 0. The van der Waals surface area contributed by atoms with E-state index in [0.717, 1.165) is 5.56 Å². The molecule has 0 bridgehead atoms. The molecule has 0 radical (unpaired) electrons. The van der Waals surface area contributed by atoms with E-state index in [2.05, 4.69) is 16.0 Å². The van der Waals surface area contributed by atoms with Gasteiger partial charge in [-0.15, -0.1) is 0 Å². The molecule has 0 unspecified atom stereocenters. The van der Waals surface area contributed by atoms with Crippen LogP contribution in [0.1, 0.15) is 29.8 Å². The van der Waals surface area contributed by atoms with E-state index < -0.39 is 5.91 Å². The molecule has 0 fully saturated rings. The molecule has 2 aromatic rings. The SMILES string of the molecule is CCOc1ccccc1C(=O)NCC(=O)Nc1cc(NC(C)=O)ccc1C. The fourth-order valence-electron chi connectivity index (χ4n) is 2.42. The quantitative estimate of drug-likeness (QED) is 0.699. The number of ether oxygens (including phenoxy) is 1. The molecule has 2 rings (SSSR count). The highest BCUT2D eigenvalue weighted by Crippen LogP contribution is 2.20. The van der Waals surface area contributed by atoms with Gasteiger partial charge in [-0.25, -0.2) is 0 Å². The van der Waals surface area contributed by atoms with E-state index in [0.29, 0.717) is 29.3 Å². The van der Waals surface area contributed by atoms with Gasteiger partial charge in [0.1, 0.15) is 5.75 Å². The van der Waals surface area contributed by atoms with Crippen LogP contribution in [0, 0.1) is 6.92 Å². The van der Waals surface area contributed by atoms with Gasteiger partial charge in [0.05, 0.1) is 18.7 Å². The lowest BCUT2D eigenvalue weighted by molar-refractivity contribution is -0.115. The van der Waals surface area contributed by atoms with Crippen molar-refractivity contribution < 1.29 is 19.1 Å². The van der Waals surface area contributed by atoms with Crippen LogP contribution in [0.25, 0.3) is 0 Å². The molecular weight excluding hydrogens is 346 g/mol. The zero-order valence-electron chi connectivity index (χ0n) is 15.6. The number of rotatable bonds is 7. The highest BCUT2D eigenvalue weighted by atomic mass is 16.5. The first-order valence-electron chi connectivity index (χ1n) is 8.58. The molecule has 27 heavy (non-hydrogen) atoms. The Morgan fingerprint density at radius 1 is 1.04 bits per heavy atom. The molecule has 2 aromatic carbocycles. The van der Waals surface area contributed by atoms with Gasteiger partial charge in [0, 0.05) is 18.3 Å². The average Bonchev–Trinajstić information content (AvgIpc) is 2.63. The lowest BCUT2D eigenvalue weighted by Crippen LogP contribution is -2.33. The molecule has 0 aromatic heterocycles. The summed E-state index contributed by atoms with van der Waals surface area (Å²) in [7, 11) is 0. The second-order valence-electron chi connectivity index (χ2n) is 5.87. The first-order valence-corrected chi connectivity index (χ1v) is 8.58. The van der Waals surface area contributed by atoms with Crippen molar-refractivity contribution in [2.45, 2.75) is 20.8 Å². The van der Waals surface area contributed by atoms with E-state index in [1.807, 2.05) is 13.8 Å². The van der Waals surface area contributed by atoms with Gasteiger partial charge >= 0.3 is 0 Å². The van der Waals surface area contributed by atoms with Crippen LogP contribution in [-0.4, -0.2) is 30.9 Å². The van der Waals surface area contributed by atoms with E-state index in [1.54, 1.807) is 42.5 Å². The number of para-hydroxylation sites is 1. The fraction of sp³-hybridized carbons (Fsp3) is 0.250. The third-order valence-corrected chi connectivity index (χ3v) is 3.67. The topological polar surface area (TPSA) is 96.5 Å². The molecule has 0 spiro atoms. The van der Waals surface area contributed by atoms with Crippen molar-refractivity contribution in [1.29, 1.82) is 0 Å². The van der Waals surface area contributed by atoms with Crippen molar-refractivity contribution in [2.75, 3.05) is 23.8 Å². The molecule has 3 N–H and O–H groups in total. The fourth-order valence-corrected chi connectivity index (χ4v) is 2.42.